The summed E-state index contributed by atoms with van der Waals surface area (Å²) in [5, 5.41) is 7.20. The number of rotatable bonds is 5. The summed E-state index contributed by atoms with van der Waals surface area (Å²) >= 11 is 1.81. The van der Waals surface area contributed by atoms with Crippen LogP contribution < -0.4 is 5.32 Å². The van der Waals surface area contributed by atoms with Gasteiger partial charge in [-0.3, -0.25) is 0 Å². The zero-order valence-electron chi connectivity index (χ0n) is 10.7. The zero-order valence-corrected chi connectivity index (χ0v) is 11.5. The smallest absolute Gasteiger partial charge is 0.113 e. The molecule has 1 saturated carbocycles. The number of thiazole rings is 1. The van der Waals surface area contributed by atoms with Crippen LogP contribution in [0.1, 0.15) is 63.6 Å². The average molecular weight is 238 g/mol. The van der Waals surface area contributed by atoms with E-state index in [1.54, 1.807) is 11.3 Å². The van der Waals surface area contributed by atoms with E-state index in [9.17, 15) is 0 Å². The molecule has 1 aliphatic rings. The Labute approximate surface area is 102 Å². The number of nitrogens with zero attached hydrogens (tertiary/aromatic N) is 1. The molecular weight excluding hydrogens is 216 g/mol. The van der Waals surface area contributed by atoms with Crippen LogP contribution in [0.2, 0.25) is 0 Å². The second-order valence-corrected chi connectivity index (χ2v) is 6.19. The van der Waals surface area contributed by atoms with Crippen molar-refractivity contribution in [2.45, 2.75) is 64.5 Å². The van der Waals surface area contributed by atoms with Gasteiger partial charge in [-0.15, -0.1) is 11.3 Å². The minimum Gasteiger partial charge on any atom is -0.303 e. The lowest BCUT2D eigenvalue weighted by Crippen LogP contribution is -2.40. The lowest BCUT2D eigenvalue weighted by molar-refractivity contribution is 0.347. The Balaban J connectivity index is 2.17. The fourth-order valence-corrected chi connectivity index (χ4v) is 2.98. The Morgan fingerprint density at radius 2 is 2.25 bits per heavy atom. The van der Waals surface area contributed by atoms with Gasteiger partial charge in [-0.1, -0.05) is 20.8 Å². The first-order valence-corrected chi connectivity index (χ1v) is 7.16. The molecule has 0 amide bonds. The van der Waals surface area contributed by atoms with E-state index in [1.165, 1.54) is 23.5 Å². The second-order valence-electron chi connectivity index (χ2n) is 5.34. The molecule has 1 fully saturated rings. The number of nitrogens with one attached hydrogen (secondary N) is 1. The van der Waals surface area contributed by atoms with Crippen LogP contribution in [0.4, 0.5) is 0 Å². The summed E-state index contributed by atoms with van der Waals surface area (Å²) in [7, 11) is 0. The quantitative estimate of drug-likeness (QED) is 0.847. The molecule has 1 unspecified atom stereocenters. The monoisotopic (exact) mass is 238 g/mol. The Morgan fingerprint density at radius 3 is 2.69 bits per heavy atom. The van der Waals surface area contributed by atoms with E-state index in [1.807, 2.05) is 0 Å². The van der Waals surface area contributed by atoms with Crippen molar-refractivity contribution in [1.29, 1.82) is 0 Å². The molecule has 0 bridgehead atoms. The molecule has 0 radical (unpaired) electrons. The first kappa shape index (κ1) is 12.1. The molecule has 2 nitrogen and oxygen atoms in total. The highest BCUT2D eigenvalue weighted by molar-refractivity contribution is 7.09. The maximum absolute atomic E-state index is 4.79. The van der Waals surface area contributed by atoms with Crippen LogP contribution in [0.15, 0.2) is 5.38 Å². The average Bonchev–Trinajstić information content (AvgIpc) is 2.90. The van der Waals surface area contributed by atoms with E-state index in [-0.39, 0.29) is 5.54 Å². The Bertz CT molecular complexity index is 355. The van der Waals surface area contributed by atoms with Crippen molar-refractivity contribution in [2.75, 3.05) is 0 Å². The van der Waals surface area contributed by atoms with Gasteiger partial charge in [0.15, 0.2) is 0 Å². The van der Waals surface area contributed by atoms with E-state index in [2.05, 4.69) is 38.4 Å². The highest BCUT2D eigenvalue weighted by atomic mass is 32.1. The van der Waals surface area contributed by atoms with Crippen molar-refractivity contribution in [1.82, 2.24) is 10.3 Å². The van der Waals surface area contributed by atoms with Crippen LogP contribution in [0.3, 0.4) is 0 Å². The van der Waals surface area contributed by atoms with Gasteiger partial charge < -0.3 is 5.32 Å². The third kappa shape index (κ3) is 2.46. The minimum absolute atomic E-state index is 0.0823. The van der Waals surface area contributed by atoms with Crippen LogP contribution >= 0.6 is 11.3 Å². The molecular formula is C13H22N2S. The lowest BCUT2D eigenvalue weighted by atomic mass is 9.99. The molecule has 90 valence electrons. The molecule has 1 N–H and O–H groups in total. The summed E-state index contributed by atoms with van der Waals surface area (Å²) in [5.41, 5.74) is 1.32. The summed E-state index contributed by atoms with van der Waals surface area (Å²) in [6, 6.07) is 0.733. The molecule has 3 heteroatoms. The Morgan fingerprint density at radius 1 is 1.56 bits per heavy atom. The number of hydrogen-bond acceptors (Lipinski definition) is 3. The molecule has 0 saturated heterocycles. The lowest BCUT2D eigenvalue weighted by Gasteiger charge is -2.27. The topological polar surface area (TPSA) is 24.9 Å². The fourth-order valence-electron chi connectivity index (χ4n) is 1.80. The molecule has 0 aromatic carbocycles. The van der Waals surface area contributed by atoms with Gasteiger partial charge in [-0.2, -0.15) is 0 Å². The predicted octanol–water partition coefficient (Wildman–Crippen LogP) is 3.64. The van der Waals surface area contributed by atoms with E-state index in [0.29, 0.717) is 5.92 Å². The van der Waals surface area contributed by atoms with Gasteiger partial charge in [-0.25, -0.2) is 4.98 Å². The van der Waals surface area contributed by atoms with Crippen LogP contribution in [0, 0.1) is 0 Å². The summed E-state index contributed by atoms with van der Waals surface area (Å²) in [5.74, 6) is 0.534. The van der Waals surface area contributed by atoms with Crippen molar-refractivity contribution in [3.05, 3.63) is 16.1 Å². The summed E-state index contributed by atoms with van der Waals surface area (Å²) in [6.07, 6.45) is 3.77. The SMILES string of the molecule is CCC(C)(NC1CC1)c1nc(C(C)C)cs1. The molecule has 1 aromatic heterocycles. The molecule has 1 heterocycles. The van der Waals surface area contributed by atoms with Crippen molar-refractivity contribution < 1.29 is 0 Å². The van der Waals surface area contributed by atoms with Gasteiger partial charge in [-0.05, 0) is 32.1 Å². The zero-order chi connectivity index (χ0) is 11.8. The maximum atomic E-state index is 4.79. The normalized spacial score (nSPS) is 20.1. The highest BCUT2D eigenvalue weighted by Crippen LogP contribution is 2.33. The molecule has 16 heavy (non-hydrogen) atoms. The number of aromatic nitrogens is 1. The van der Waals surface area contributed by atoms with Crippen molar-refractivity contribution in [2.24, 2.45) is 0 Å². The summed E-state index contributed by atoms with van der Waals surface area (Å²) in [4.78, 5) is 4.79. The summed E-state index contributed by atoms with van der Waals surface area (Å²) in [6.45, 7) is 8.94. The van der Waals surface area contributed by atoms with Crippen LogP contribution in [0.5, 0.6) is 0 Å². The summed E-state index contributed by atoms with van der Waals surface area (Å²) < 4.78 is 0. The van der Waals surface area contributed by atoms with Gasteiger partial charge in [0.25, 0.3) is 0 Å². The van der Waals surface area contributed by atoms with Gasteiger partial charge >= 0.3 is 0 Å². The van der Waals surface area contributed by atoms with Crippen LogP contribution in [0.25, 0.3) is 0 Å². The maximum Gasteiger partial charge on any atom is 0.113 e. The molecule has 1 aromatic rings. The van der Waals surface area contributed by atoms with Gasteiger partial charge in [0, 0.05) is 11.4 Å². The fraction of sp³-hybridized carbons (Fsp3) is 0.769. The second kappa shape index (κ2) is 4.46. The molecule has 0 aliphatic heterocycles. The first-order valence-electron chi connectivity index (χ1n) is 6.28. The van der Waals surface area contributed by atoms with E-state index >= 15 is 0 Å². The number of hydrogen-bond donors (Lipinski definition) is 1. The standard InChI is InChI=1S/C13H22N2S/c1-5-13(4,15-10-6-7-10)12-14-11(8-16-12)9(2)3/h8-10,15H,5-7H2,1-4H3. The van der Waals surface area contributed by atoms with Crippen molar-refractivity contribution in [3.63, 3.8) is 0 Å². The minimum atomic E-state index is 0.0823. The van der Waals surface area contributed by atoms with Crippen molar-refractivity contribution >= 4 is 11.3 Å². The third-order valence-electron chi connectivity index (χ3n) is 3.39. The van der Waals surface area contributed by atoms with Gasteiger partial charge in [0.05, 0.1) is 11.2 Å². The largest absolute Gasteiger partial charge is 0.303 e. The molecule has 2 rings (SSSR count). The Kier molecular flexibility index (Phi) is 3.36. The van der Waals surface area contributed by atoms with E-state index in [4.69, 9.17) is 4.98 Å². The van der Waals surface area contributed by atoms with Crippen molar-refractivity contribution in [3.8, 4) is 0 Å². The molecule has 1 atom stereocenters. The van der Waals surface area contributed by atoms with Crippen LogP contribution in [-0.2, 0) is 5.54 Å². The van der Waals surface area contributed by atoms with E-state index < -0.39 is 0 Å². The van der Waals surface area contributed by atoms with E-state index in [0.717, 1.165) is 12.5 Å². The first-order chi connectivity index (χ1) is 7.55. The Hall–Kier alpha value is -0.410. The van der Waals surface area contributed by atoms with Gasteiger partial charge in [0.2, 0.25) is 0 Å². The van der Waals surface area contributed by atoms with Gasteiger partial charge in [0.1, 0.15) is 5.01 Å². The molecule has 1 aliphatic carbocycles. The highest BCUT2D eigenvalue weighted by Gasteiger charge is 2.34. The van der Waals surface area contributed by atoms with Crippen LogP contribution in [-0.4, -0.2) is 11.0 Å². The molecule has 0 spiro atoms. The predicted molar refractivity (Wildman–Crippen MR) is 70.0 cm³/mol. The third-order valence-corrected chi connectivity index (χ3v) is 4.52.